The number of anilines is 2. The molecule has 306 valence electrons. The number of carbonyl (C=O) groups is 4. The lowest BCUT2D eigenvalue weighted by atomic mass is 9.92. The normalized spacial score (nSPS) is 26.1. The first kappa shape index (κ1) is 43.2. The van der Waals surface area contributed by atoms with Gasteiger partial charge >= 0.3 is 17.9 Å². The van der Waals surface area contributed by atoms with Crippen LogP contribution in [0.1, 0.15) is 40.5 Å². The number of alkyl halides is 1. The van der Waals surface area contributed by atoms with E-state index < -0.39 is 85.5 Å². The summed E-state index contributed by atoms with van der Waals surface area (Å²) in [6.07, 6.45) is -5.29. The Hall–Kier alpha value is -6.57. The molecule has 0 aromatic carbocycles. The van der Waals surface area contributed by atoms with E-state index in [1.165, 1.54) is 40.7 Å². The van der Waals surface area contributed by atoms with Gasteiger partial charge in [-0.2, -0.15) is 20.7 Å². The smallest absolute Gasteiger partial charge is 0.303 e. The number of ether oxygens (including phenoxy) is 5. The molecule has 2 aliphatic heterocycles. The second kappa shape index (κ2) is 18.8. The van der Waals surface area contributed by atoms with E-state index in [1.54, 1.807) is 12.1 Å². The molecule has 6 rings (SSSR count). The molecule has 0 amide bonds. The van der Waals surface area contributed by atoms with Crippen LogP contribution in [0.3, 0.4) is 0 Å². The summed E-state index contributed by atoms with van der Waals surface area (Å²) in [7, 11) is -1.00. The Morgan fingerprint density at radius 3 is 1.74 bits per heavy atom. The number of fused-ring (bicyclic) bond motifs is 2. The fourth-order valence-corrected chi connectivity index (χ4v) is 5.94. The highest BCUT2D eigenvalue weighted by Crippen LogP contribution is 2.44. The number of halogens is 1. The van der Waals surface area contributed by atoms with Gasteiger partial charge in [-0.15, -0.1) is 0 Å². The monoisotopic (exact) mass is 803 g/mol. The van der Waals surface area contributed by atoms with Gasteiger partial charge in [0.15, 0.2) is 23.8 Å². The molecule has 0 radical (unpaired) electrons. The molecule has 23 nitrogen and oxygen atoms in total. The number of aromatic nitrogens is 6. The Morgan fingerprint density at radius 1 is 0.877 bits per heavy atom. The molecule has 0 bridgehead atoms. The standard InChI is InChI=1S/C18H19N5O7.C12H13N5O4.C2H4O2.CH3F/c1-9(24)27-6-13-15(28-10(2)25)16(29-11(3)26)18(7-19,30-13)14-5-4-12-17(20)21-8-22-23(12)14;13-4-12(10(20)9(19)7(3-18)21-12)8-2-1-6-11(14)15-5-16-17(6)8;1-2(3)4;1-2/h4-5,8,13,15-16H,6H2,1-3H3,(H2,20,21,22);1-2,5,7,9-10,18-20H,3H2,(H2,14,15,16);1H3,(H,3,4);1H3/t13-,15-,16-,18+;7-,9-,10-,12+;;/m11../s1/i;;;1D. The first-order valence-electron chi connectivity index (χ1n) is 16.9. The van der Waals surface area contributed by atoms with Crippen LogP contribution in [0.2, 0.25) is 0 Å². The maximum atomic E-state index is 11.8. The predicted molar refractivity (Wildman–Crippen MR) is 186 cm³/mol. The van der Waals surface area contributed by atoms with E-state index in [0.29, 0.717) is 11.0 Å². The molecule has 24 heteroatoms. The second-order valence-electron chi connectivity index (χ2n) is 11.9. The van der Waals surface area contributed by atoms with Crippen LogP contribution >= 0.6 is 0 Å². The number of carbonyl (C=O) groups excluding carboxylic acids is 3. The average molecular weight is 804 g/mol. The van der Waals surface area contributed by atoms with Gasteiger partial charge in [-0.05, 0) is 24.3 Å². The number of nitrogens with two attached hydrogens (primary N) is 2. The lowest BCUT2D eigenvalue weighted by Gasteiger charge is -2.28. The molecule has 2 fully saturated rings. The van der Waals surface area contributed by atoms with Crippen LogP contribution in [0.25, 0.3) is 11.0 Å². The Balaban J connectivity index is 0.000000278. The van der Waals surface area contributed by atoms with Crippen LogP contribution in [0, 0.1) is 22.7 Å². The van der Waals surface area contributed by atoms with Gasteiger partial charge in [0.1, 0.15) is 66.8 Å². The van der Waals surface area contributed by atoms with Gasteiger partial charge in [0.05, 0.1) is 26.5 Å². The molecule has 0 spiro atoms. The van der Waals surface area contributed by atoms with Crippen molar-refractivity contribution in [2.24, 2.45) is 0 Å². The van der Waals surface area contributed by atoms with Crippen LogP contribution in [-0.2, 0) is 54.1 Å². The van der Waals surface area contributed by atoms with Crippen molar-refractivity contribution in [3.05, 3.63) is 48.3 Å². The molecule has 0 unspecified atom stereocenters. The van der Waals surface area contributed by atoms with Gasteiger partial charge in [0.2, 0.25) is 11.2 Å². The number of nitriles is 2. The van der Waals surface area contributed by atoms with Crippen molar-refractivity contribution in [2.45, 2.75) is 75.5 Å². The Labute approximate surface area is 323 Å². The third-order valence-electron chi connectivity index (χ3n) is 8.14. The van der Waals surface area contributed by atoms with Crippen molar-refractivity contribution in [3.63, 3.8) is 0 Å². The van der Waals surface area contributed by atoms with Crippen LogP contribution in [0.15, 0.2) is 36.9 Å². The summed E-state index contributed by atoms with van der Waals surface area (Å²) in [6, 6.07) is 10.1. The molecule has 8 atom stereocenters. The molecule has 0 aliphatic carbocycles. The first-order valence-corrected chi connectivity index (χ1v) is 16.2. The van der Waals surface area contributed by atoms with Gasteiger partial charge in [-0.3, -0.25) is 23.6 Å². The molecule has 2 aliphatic rings. The average Bonchev–Trinajstić information content (AvgIpc) is 3.92. The van der Waals surface area contributed by atoms with Crippen molar-refractivity contribution in [1.29, 1.82) is 10.5 Å². The number of hydrogen-bond acceptors (Lipinski definition) is 20. The highest BCUT2D eigenvalue weighted by atomic mass is 19.1. The number of aliphatic hydroxyl groups excluding tert-OH is 3. The van der Waals surface area contributed by atoms with Crippen molar-refractivity contribution in [1.82, 2.24) is 29.2 Å². The fourth-order valence-electron chi connectivity index (χ4n) is 5.94. The van der Waals surface area contributed by atoms with Gasteiger partial charge in [0, 0.05) is 27.7 Å². The van der Waals surface area contributed by atoms with Gasteiger partial charge < -0.3 is 55.6 Å². The quantitative estimate of drug-likeness (QED) is 0.0931. The molecule has 57 heavy (non-hydrogen) atoms. The number of carboxylic acids is 1. The number of hydrogen-bond donors (Lipinski definition) is 6. The number of carboxylic acid groups (broad SMARTS) is 1. The molecule has 2 saturated heterocycles. The number of aliphatic hydroxyl groups is 3. The minimum absolute atomic E-state index is 0.152. The zero-order chi connectivity index (χ0) is 43.5. The van der Waals surface area contributed by atoms with E-state index in [-0.39, 0.29) is 29.6 Å². The zero-order valence-electron chi connectivity index (χ0n) is 31.6. The first-order chi connectivity index (χ1) is 27.4. The Morgan fingerprint density at radius 2 is 1.33 bits per heavy atom. The third kappa shape index (κ3) is 9.12. The molecule has 0 saturated carbocycles. The van der Waals surface area contributed by atoms with E-state index in [0.717, 1.165) is 20.8 Å². The molecule has 8 N–H and O–H groups in total. The van der Waals surface area contributed by atoms with Crippen molar-refractivity contribution in [2.75, 3.05) is 31.8 Å². The zero-order valence-corrected chi connectivity index (χ0v) is 30.6. The van der Waals surface area contributed by atoms with Gasteiger partial charge in [-0.25, -0.2) is 19.0 Å². The lowest BCUT2D eigenvalue weighted by Crippen LogP contribution is -2.45. The Bertz CT molecular complexity index is 2190. The molecular formula is C33H39FN10O13. The fraction of sp³-hybridized carbons (Fsp3) is 0.455. The summed E-state index contributed by atoms with van der Waals surface area (Å²) in [5.74, 6) is -2.51. The van der Waals surface area contributed by atoms with Crippen LogP contribution < -0.4 is 11.5 Å². The van der Waals surface area contributed by atoms with E-state index in [2.05, 4.69) is 20.2 Å². The van der Waals surface area contributed by atoms with Crippen molar-refractivity contribution < 1.29 is 69.0 Å². The highest BCUT2D eigenvalue weighted by Gasteiger charge is 2.62. The van der Waals surface area contributed by atoms with E-state index in [4.69, 9.17) is 46.4 Å². The van der Waals surface area contributed by atoms with Gasteiger partial charge in [-0.1, -0.05) is 0 Å². The summed E-state index contributed by atoms with van der Waals surface area (Å²) in [6.45, 7) is 3.71. The van der Waals surface area contributed by atoms with Crippen molar-refractivity contribution >= 4 is 46.5 Å². The number of nitrogen functional groups attached to an aromatic ring is 2. The van der Waals surface area contributed by atoms with E-state index >= 15 is 0 Å². The number of aliphatic carboxylic acids is 1. The van der Waals surface area contributed by atoms with Crippen LogP contribution in [0.4, 0.5) is 16.0 Å². The summed E-state index contributed by atoms with van der Waals surface area (Å²) in [5.41, 5.74) is 9.00. The lowest BCUT2D eigenvalue weighted by molar-refractivity contribution is -0.167. The molecule has 6 heterocycles. The number of esters is 3. The molecule has 4 aromatic rings. The maximum Gasteiger partial charge on any atom is 0.303 e. The van der Waals surface area contributed by atoms with Crippen molar-refractivity contribution in [3.8, 4) is 12.1 Å². The maximum absolute atomic E-state index is 11.8. The predicted octanol–water partition coefficient (Wildman–Crippen LogP) is -1.32. The summed E-state index contributed by atoms with van der Waals surface area (Å²) in [5, 5.41) is 64.4. The van der Waals surface area contributed by atoms with Gasteiger partial charge in [0.25, 0.3) is 5.97 Å². The highest BCUT2D eigenvalue weighted by molar-refractivity contribution is 5.69. The number of rotatable bonds is 7. The molecular weight excluding hydrogens is 763 g/mol. The Kier molecular flexibility index (Phi) is 14.3. The topological polar surface area (TPSA) is 355 Å². The third-order valence-corrected chi connectivity index (χ3v) is 8.14. The molecule has 4 aromatic heterocycles. The summed E-state index contributed by atoms with van der Waals surface area (Å²) < 4.78 is 45.2. The summed E-state index contributed by atoms with van der Waals surface area (Å²) in [4.78, 5) is 51.5. The van der Waals surface area contributed by atoms with Crippen LogP contribution in [0.5, 0.6) is 0 Å². The van der Waals surface area contributed by atoms with Crippen LogP contribution in [-0.4, -0.2) is 130 Å². The summed E-state index contributed by atoms with van der Waals surface area (Å²) >= 11 is 0. The number of nitrogens with zero attached hydrogens (tertiary/aromatic N) is 8. The second-order valence-corrected chi connectivity index (χ2v) is 11.9. The largest absolute Gasteiger partial charge is 0.481 e. The minimum Gasteiger partial charge on any atom is -0.481 e. The minimum atomic E-state index is -1.94. The van der Waals surface area contributed by atoms with E-state index in [9.17, 15) is 44.6 Å². The SMILES string of the molecule is CC(=O)O.CC(=O)OC[C@H]1O[C@@](C#N)(c2ccc3c(N)ncnn23)[C@H](OC(C)=O)[C@@H]1OC(C)=O.N#C[C@@]1(c2ccc3c(N)ncnn23)O[C@H](CO)[C@@H](O)[C@H]1O.[2H]CF. The van der Waals surface area contributed by atoms with E-state index in [1.807, 2.05) is 12.1 Å².